The Morgan fingerprint density at radius 1 is 1.35 bits per heavy atom. The van der Waals surface area contributed by atoms with Crippen LogP contribution in [0.15, 0.2) is 32.7 Å². The topological polar surface area (TPSA) is 21.3 Å². The molecule has 1 aromatic rings. The van der Waals surface area contributed by atoms with E-state index in [1.807, 2.05) is 12.1 Å². The maximum Gasteiger partial charge on any atom is 0.148 e. The normalized spacial score (nSPS) is 11.1. The molecule has 0 aliphatic carbocycles. The summed E-state index contributed by atoms with van der Waals surface area (Å²) in [5.74, 6) is 0.792. The van der Waals surface area contributed by atoms with Gasteiger partial charge in [-0.05, 0) is 62.2 Å². The van der Waals surface area contributed by atoms with Gasteiger partial charge in [0.2, 0.25) is 0 Å². The second kappa shape index (κ2) is 8.14. The van der Waals surface area contributed by atoms with E-state index >= 15 is 0 Å². The molecule has 0 saturated heterocycles. The van der Waals surface area contributed by atoms with Crippen molar-refractivity contribution in [3.8, 4) is 5.75 Å². The van der Waals surface area contributed by atoms with Crippen LogP contribution in [0.3, 0.4) is 0 Å². The fourth-order valence-corrected chi connectivity index (χ4v) is 2.87. The number of benzene rings is 1. The average Bonchev–Trinajstić information content (AvgIpc) is 2.30. The fourth-order valence-electron chi connectivity index (χ4n) is 1.29. The van der Waals surface area contributed by atoms with Crippen molar-refractivity contribution in [1.82, 2.24) is 5.32 Å². The SMILES string of the molecule is CCNCc1cc(Br)c(OC/C=C/Cl)c(Br)c1. The lowest BCUT2D eigenvalue weighted by atomic mass is 10.2. The Kier molecular flexibility index (Phi) is 7.19. The van der Waals surface area contributed by atoms with Crippen LogP contribution in [0.5, 0.6) is 5.75 Å². The molecule has 0 amide bonds. The summed E-state index contributed by atoms with van der Waals surface area (Å²) in [5, 5.41) is 3.28. The Labute approximate surface area is 124 Å². The van der Waals surface area contributed by atoms with Gasteiger partial charge in [0, 0.05) is 12.1 Å². The quantitative estimate of drug-likeness (QED) is 0.784. The molecular weight excluding hydrogens is 369 g/mol. The Bertz CT molecular complexity index is 373. The van der Waals surface area contributed by atoms with Crippen molar-refractivity contribution >= 4 is 43.5 Å². The zero-order chi connectivity index (χ0) is 12.7. The first-order valence-electron chi connectivity index (χ1n) is 5.25. The molecule has 2 nitrogen and oxygen atoms in total. The summed E-state index contributed by atoms with van der Waals surface area (Å²) in [4.78, 5) is 0. The predicted octanol–water partition coefficient (Wildman–Crippen LogP) is 4.45. The van der Waals surface area contributed by atoms with Gasteiger partial charge in [0.15, 0.2) is 0 Å². The molecule has 0 aliphatic rings. The summed E-state index contributed by atoms with van der Waals surface area (Å²) in [5.41, 5.74) is 2.65. The van der Waals surface area contributed by atoms with E-state index in [-0.39, 0.29) is 0 Å². The van der Waals surface area contributed by atoms with Crippen molar-refractivity contribution in [1.29, 1.82) is 0 Å². The van der Waals surface area contributed by atoms with E-state index in [0.29, 0.717) is 6.61 Å². The third kappa shape index (κ3) is 5.00. The van der Waals surface area contributed by atoms with E-state index in [2.05, 4.69) is 44.1 Å². The van der Waals surface area contributed by atoms with Crippen LogP contribution in [-0.2, 0) is 6.54 Å². The lowest BCUT2D eigenvalue weighted by molar-refractivity contribution is 0.358. The Balaban J connectivity index is 2.78. The van der Waals surface area contributed by atoms with Crippen molar-refractivity contribution < 1.29 is 4.74 Å². The van der Waals surface area contributed by atoms with Crippen LogP contribution < -0.4 is 10.1 Å². The summed E-state index contributed by atoms with van der Waals surface area (Å²) in [7, 11) is 0. The molecule has 0 aliphatic heterocycles. The molecule has 0 saturated carbocycles. The van der Waals surface area contributed by atoms with Crippen molar-refractivity contribution in [2.24, 2.45) is 0 Å². The van der Waals surface area contributed by atoms with Crippen LogP contribution >= 0.6 is 43.5 Å². The van der Waals surface area contributed by atoms with Crippen molar-refractivity contribution in [3.05, 3.63) is 38.3 Å². The highest BCUT2D eigenvalue weighted by Crippen LogP contribution is 2.34. The van der Waals surface area contributed by atoms with Gasteiger partial charge in [0.05, 0.1) is 8.95 Å². The van der Waals surface area contributed by atoms with Crippen LogP contribution in [0.4, 0.5) is 0 Å². The molecule has 1 rings (SSSR count). The average molecular weight is 384 g/mol. The largest absolute Gasteiger partial charge is 0.487 e. The fraction of sp³-hybridized carbons (Fsp3) is 0.333. The smallest absolute Gasteiger partial charge is 0.148 e. The van der Waals surface area contributed by atoms with E-state index < -0.39 is 0 Å². The Hall–Kier alpha value is -0.0300. The first-order valence-corrected chi connectivity index (χ1v) is 7.28. The molecule has 5 heteroatoms. The van der Waals surface area contributed by atoms with E-state index in [9.17, 15) is 0 Å². The van der Waals surface area contributed by atoms with Gasteiger partial charge in [0.1, 0.15) is 12.4 Å². The minimum Gasteiger partial charge on any atom is -0.487 e. The van der Waals surface area contributed by atoms with Gasteiger partial charge < -0.3 is 10.1 Å². The zero-order valence-corrected chi connectivity index (χ0v) is 13.4. The van der Waals surface area contributed by atoms with Crippen molar-refractivity contribution in [2.75, 3.05) is 13.2 Å². The minimum atomic E-state index is 0.452. The minimum absolute atomic E-state index is 0.452. The molecule has 0 fully saturated rings. The molecule has 0 aromatic heterocycles. The van der Waals surface area contributed by atoms with E-state index in [1.165, 1.54) is 11.1 Å². The van der Waals surface area contributed by atoms with Crippen LogP contribution in [0.2, 0.25) is 0 Å². The summed E-state index contributed by atoms with van der Waals surface area (Å²) in [6.45, 7) is 4.33. The molecule has 0 radical (unpaired) electrons. The van der Waals surface area contributed by atoms with Crippen LogP contribution in [0.1, 0.15) is 12.5 Å². The van der Waals surface area contributed by atoms with Crippen LogP contribution in [0.25, 0.3) is 0 Å². The standard InChI is InChI=1S/C12H14Br2ClNO/c1-2-16-8-9-6-10(13)12(11(14)7-9)17-5-3-4-15/h3-4,6-7,16H,2,5,8H2,1H3/b4-3+. The molecule has 17 heavy (non-hydrogen) atoms. The predicted molar refractivity (Wildman–Crippen MR) is 79.7 cm³/mol. The van der Waals surface area contributed by atoms with Gasteiger partial charge in [-0.15, -0.1) is 0 Å². The Morgan fingerprint density at radius 2 is 2.00 bits per heavy atom. The highest BCUT2D eigenvalue weighted by atomic mass is 79.9. The summed E-state index contributed by atoms with van der Waals surface area (Å²) >= 11 is 12.4. The van der Waals surface area contributed by atoms with Crippen LogP contribution in [0, 0.1) is 0 Å². The van der Waals surface area contributed by atoms with E-state index in [1.54, 1.807) is 6.08 Å². The molecule has 0 spiro atoms. The lowest BCUT2D eigenvalue weighted by Crippen LogP contribution is -2.11. The maximum atomic E-state index is 5.58. The highest BCUT2D eigenvalue weighted by Gasteiger charge is 2.08. The van der Waals surface area contributed by atoms with Gasteiger partial charge in [-0.1, -0.05) is 18.5 Å². The number of rotatable bonds is 6. The first-order chi connectivity index (χ1) is 8.19. The highest BCUT2D eigenvalue weighted by molar-refractivity contribution is 9.11. The van der Waals surface area contributed by atoms with Gasteiger partial charge in [0.25, 0.3) is 0 Å². The number of nitrogens with one attached hydrogen (secondary N) is 1. The molecule has 94 valence electrons. The van der Waals surface area contributed by atoms with Crippen molar-refractivity contribution in [2.45, 2.75) is 13.5 Å². The third-order valence-corrected chi connectivity index (χ3v) is 3.41. The first kappa shape index (κ1) is 15.0. The van der Waals surface area contributed by atoms with E-state index in [0.717, 1.165) is 27.8 Å². The van der Waals surface area contributed by atoms with E-state index in [4.69, 9.17) is 16.3 Å². The van der Waals surface area contributed by atoms with Gasteiger partial charge in [-0.3, -0.25) is 0 Å². The number of hydrogen-bond acceptors (Lipinski definition) is 2. The molecular formula is C12H14Br2ClNO. The summed E-state index contributed by atoms with van der Waals surface area (Å²) in [6, 6.07) is 4.10. The van der Waals surface area contributed by atoms with Crippen LogP contribution in [-0.4, -0.2) is 13.2 Å². The van der Waals surface area contributed by atoms with Gasteiger partial charge >= 0.3 is 0 Å². The molecule has 1 aromatic carbocycles. The number of halogens is 3. The second-order valence-corrected chi connectivity index (χ2v) is 5.30. The van der Waals surface area contributed by atoms with Crippen molar-refractivity contribution in [3.63, 3.8) is 0 Å². The Morgan fingerprint density at radius 3 is 2.53 bits per heavy atom. The van der Waals surface area contributed by atoms with Gasteiger partial charge in [-0.25, -0.2) is 0 Å². The summed E-state index contributed by atoms with van der Waals surface area (Å²) < 4.78 is 7.45. The third-order valence-electron chi connectivity index (χ3n) is 2.05. The molecule has 0 heterocycles. The zero-order valence-electron chi connectivity index (χ0n) is 9.47. The second-order valence-electron chi connectivity index (χ2n) is 3.34. The maximum absolute atomic E-state index is 5.58. The molecule has 0 unspecified atom stereocenters. The summed E-state index contributed by atoms with van der Waals surface area (Å²) in [6.07, 6.45) is 1.74. The lowest BCUT2D eigenvalue weighted by Gasteiger charge is -2.11. The molecule has 0 bridgehead atoms. The monoisotopic (exact) mass is 381 g/mol. The number of hydrogen-bond donors (Lipinski definition) is 1. The molecule has 1 N–H and O–H groups in total. The molecule has 0 atom stereocenters. The van der Waals surface area contributed by atoms with Gasteiger partial charge in [-0.2, -0.15) is 0 Å². The number of ether oxygens (including phenoxy) is 1.